The van der Waals surface area contributed by atoms with Gasteiger partial charge in [-0.05, 0) is 0 Å². The quantitative estimate of drug-likeness (QED) is 0.683. The molecule has 4 nitrogen and oxygen atoms in total. The van der Waals surface area contributed by atoms with E-state index < -0.39 is 0 Å². The van der Waals surface area contributed by atoms with Gasteiger partial charge < -0.3 is 10.4 Å². The molecule has 0 fully saturated rings. The molecule has 0 amide bonds. The van der Waals surface area contributed by atoms with Gasteiger partial charge in [-0.25, -0.2) is 9.97 Å². The molecule has 66 valence electrons. The van der Waals surface area contributed by atoms with Gasteiger partial charge in [-0.15, -0.1) is 0 Å². The third-order valence-corrected chi connectivity index (χ3v) is 1.46. The fourth-order valence-corrected chi connectivity index (χ4v) is 0.829. The van der Waals surface area contributed by atoms with Gasteiger partial charge in [0.15, 0.2) is 0 Å². The Morgan fingerprint density at radius 1 is 1.42 bits per heavy atom. The van der Waals surface area contributed by atoms with Crippen LogP contribution in [0.3, 0.4) is 0 Å². The minimum absolute atomic E-state index is 0.121. The van der Waals surface area contributed by atoms with Crippen molar-refractivity contribution in [3.8, 4) is 0 Å². The van der Waals surface area contributed by atoms with Crippen LogP contribution < -0.4 is 5.32 Å². The van der Waals surface area contributed by atoms with Crippen molar-refractivity contribution in [1.82, 2.24) is 9.97 Å². The van der Waals surface area contributed by atoms with Gasteiger partial charge in [0, 0.05) is 13.0 Å². The molecule has 1 rings (SSSR count). The highest BCUT2D eigenvalue weighted by Gasteiger charge is 1.93. The highest BCUT2D eigenvalue weighted by Crippen LogP contribution is 2.01. The number of nitrogens with one attached hydrogen (secondary N) is 1. The molecule has 0 aliphatic heterocycles. The van der Waals surface area contributed by atoms with E-state index in [1.165, 1.54) is 0 Å². The Hall–Kier alpha value is -1.16. The summed E-state index contributed by atoms with van der Waals surface area (Å²) in [6.07, 6.45) is 4.29. The maximum Gasteiger partial charge on any atom is 0.128 e. The van der Waals surface area contributed by atoms with Gasteiger partial charge in [-0.1, -0.05) is 6.92 Å². The first-order chi connectivity index (χ1) is 5.86. The molecule has 0 spiro atoms. The summed E-state index contributed by atoms with van der Waals surface area (Å²) >= 11 is 0. The van der Waals surface area contributed by atoms with Crippen LogP contribution in [-0.2, 0) is 6.42 Å². The second-order valence-electron chi connectivity index (χ2n) is 2.39. The number of anilines is 1. The van der Waals surface area contributed by atoms with Crippen molar-refractivity contribution < 1.29 is 5.11 Å². The van der Waals surface area contributed by atoms with Crippen LogP contribution in [0.5, 0.6) is 0 Å². The molecule has 4 heteroatoms. The number of aromatic nitrogens is 2. The summed E-state index contributed by atoms with van der Waals surface area (Å²) in [4.78, 5) is 8.19. The van der Waals surface area contributed by atoms with Crippen LogP contribution in [0.4, 0.5) is 5.69 Å². The average molecular weight is 167 g/mol. The average Bonchev–Trinajstić information content (AvgIpc) is 2.15. The predicted molar refractivity (Wildman–Crippen MR) is 47.0 cm³/mol. The van der Waals surface area contributed by atoms with Crippen LogP contribution in [0, 0.1) is 0 Å². The summed E-state index contributed by atoms with van der Waals surface area (Å²) in [5, 5.41) is 11.5. The third-order valence-electron chi connectivity index (χ3n) is 1.46. The lowest BCUT2D eigenvalue weighted by molar-refractivity contribution is 0.311. The highest BCUT2D eigenvalue weighted by molar-refractivity contribution is 5.37. The molecule has 0 aromatic carbocycles. The Morgan fingerprint density at radius 3 is 2.58 bits per heavy atom. The lowest BCUT2D eigenvalue weighted by Gasteiger charge is -2.02. The van der Waals surface area contributed by atoms with Crippen LogP contribution in [0.1, 0.15) is 12.7 Å². The minimum Gasteiger partial charge on any atom is -0.395 e. The van der Waals surface area contributed by atoms with Crippen LogP contribution >= 0.6 is 0 Å². The standard InChI is InChI=1S/C8H13N3O/c1-2-8-10-5-7(6-11-8)9-3-4-12/h5-6,9,12H,2-4H2,1H3. The van der Waals surface area contributed by atoms with Gasteiger partial charge in [-0.3, -0.25) is 0 Å². The topological polar surface area (TPSA) is 58.0 Å². The summed E-state index contributed by atoms with van der Waals surface area (Å²) in [6.45, 7) is 2.67. The van der Waals surface area contributed by atoms with Gasteiger partial charge in [0.1, 0.15) is 5.82 Å². The Morgan fingerprint density at radius 2 is 2.08 bits per heavy atom. The van der Waals surface area contributed by atoms with E-state index in [9.17, 15) is 0 Å². The Bertz CT molecular complexity index is 222. The molecule has 12 heavy (non-hydrogen) atoms. The third kappa shape index (κ3) is 2.47. The normalized spacial score (nSPS) is 9.83. The largest absolute Gasteiger partial charge is 0.395 e. The van der Waals surface area contributed by atoms with Gasteiger partial charge in [0.05, 0.1) is 24.7 Å². The Kier molecular flexibility index (Phi) is 3.47. The van der Waals surface area contributed by atoms with Crippen molar-refractivity contribution in [2.24, 2.45) is 0 Å². The maximum atomic E-state index is 8.53. The number of aliphatic hydroxyl groups excluding tert-OH is 1. The molecule has 2 N–H and O–H groups in total. The summed E-state index contributed by atoms with van der Waals surface area (Å²) in [7, 11) is 0. The molecule has 1 aromatic rings. The van der Waals surface area contributed by atoms with Crippen LogP contribution in [0.15, 0.2) is 12.4 Å². The molecule has 1 aromatic heterocycles. The van der Waals surface area contributed by atoms with Gasteiger partial charge in [0.25, 0.3) is 0 Å². The van der Waals surface area contributed by atoms with Crippen LogP contribution in [-0.4, -0.2) is 28.2 Å². The fourth-order valence-electron chi connectivity index (χ4n) is 0.829. The molecule has 0 atom stereocenters. The lowest BCUT2D eigenvalue weighted by Crippen LogP contribution is -2.06. The Labute approximate surface area is 71.7 Å². The van der Waals surface area contributed by atoms with Gasteiger partial charge in [-0.2, -0.15) is 0 Å². The molecular weight excluding hydrogens is 154 g/mol. The van der Waals surface area contributed by atoms with E-state index in [2.05, 4.69) is 15.3 Å². The first-order valence-corrected chi connectivity index (χ1v) is 4.02. The summed E-state index contributed by atoms with van der Waals surface area (Å²) < 4.78 is 0. The maximum absolute atomic E-state index is 8.53. The summed E-state index contributed by atoms with van der Waals surface area (Å²) in [6, 6.07) is 0. The monoisotopic (exact) mass is 167 g/mol. The first-order valence-electron chi connectivity index (χ1n) is 4.02. The van der Waals surface area contributed by atoms with Crippen molar-refractivity contribution in [2.45, 2.75) is 13.3 Å². The molecular formula is C8H13N3O. The fraction of sp³-hybridized carbons (Fsp3) is 0.500. The van der Waals surface area contributed by atoms with Crippen molar-refractivity contribution in [3.05, 3.63) is 18.2 Å². The second-order valence-corrected chi connectivity index (χ2v) is 2.39. The van der Waals surface area contributed by atoms with Crippen molar-refractivity contribution in [1.29, 1.82) is 0 Å². The van der Waals surface area contributed by atoms with E-state index in [1.54, 1.807) is 12.4 Å². The second kappa shape index (κ2) is 4.66. The van der Waals surface area contributed by atoms with Crippen LogP contribution in [0.2, 0.25) is 0 Å². The number of nitrogens with zero attached hydrogens (tertiary/aromatic N) is 2. The first kappa shape index (κ1) is 8.93. The number of rotatable bonds is 4. The number of aryl methyl sites for hydroxylation is 1. The van der Waals surface area contributed by atoms with E-state index in [1.807, 2.05) is 6.92 Å². The summed E-state index contributed by atoms with van der Waals surface area (Å²) in [5.41, 5.74) is 0.848. The molecule has 0 radical (unpaired) electrons. The van der Waals surface area contributed by atoms with E-state index >= 15 is 0 Å². The molecule has 0 bridgehead atoms. The van der Waals surface area contributed by atoms with Gasteiger partial charge >= 0.3 is 0 Å². The van der Waals surface area contributed by atoms with Gasteiger partial charge in [0.2, 0.25) is 0 Å². The van der Waals surface area contributed by atoms with Crippen molar-refractivity contribution in [3.63, 3.8) is 0 Å². The highest BCUT2D eigenvalue weighted by atomic mass is 16.3. The smallest absolute Gasteiger partial charge is 0.128 e. The SMILES string of the molecule is CCc1ncc(NCCO)cn1. The molecule has 0 unspecified atom stereocenters. The zero-order chi connectivity index (χ0) is 8.81. The van der Waals surface area contributed by atoms with E-state index in [4.69, 9.17) is 5.11 Å². The van der Waals surface area contributed by atoms with Crippen LogP contribution in [0.25, 0.3) is 0 Å². The molecule has 0 aliphatic carbocycles. The molecule has 0 saturated carbocycles. The molecule has 0 saturated heterocycles. The van der Waals surface area contributed by atoms with E-state index in [0.29, 0.717) is 6.54 Å². The van der Waals surface area contributed by atoms with Crippen molar-refractivity contribution >= 4 is 5.69 Å². The van der Waals surface area contributed by atoms with E-state index in [0.717, 1.165) is 17.9 Å². The number of aliphatic hydroxyl groups is 1. The molecule has 1 heterocycles. The van der Waals surface area contributed by atoms with Crippen molar-refractivity contribution in [2.75, 3.05) is 18.5 Å². The lowest BCUT2D eigenvalue weighted by atomic mass is 10.4. The predicted octanol–water partition coefficient (Wildman–Crippen LogP) is 0.443. The zero-order valence-corrected chi connectivity index (χ0v) is 7.12. The Balaban J connectivity index is 2.53. The van der Waals surface area contributed by atoms with E-state index in [-0.39, 0.29) is 6.61 Å². The number of hydrogen-bond acceptors (Lipinski definition) is 4. The molecule has 0 aliphatic rings. The summed E-state index contributed by atoms with van der Waals surface area (Å²) in [5.74, 6) is 0.838. The zero-order valence-electron chi connectivity index (χ0n) is 7.12. The number of hydrogen-bond donors (Lipinski definition) is 2. The minimum atomic E-state index is 0.121.